The van der Waals surface area contributed by atoms with Crippen molar-refractivity contribution in [1.29, 1.82) is 0 Å². The highest BCUT2D eigenvalue weighted by molar-refractivity contribution is 7.91. The van der Waals surface area contributed by atoms with Crippen molar-refractivity contribution < 1.29 is 23.1 Å². The van der Waals surface area contributed by atoms with Gasteiger partial charge >= 0.3 is 5.97 Å². The van der Waals surface area contributed by atoms with Crippen LogP contribution in [0.15, 0.2) is 0 Å². The van der Waals surface area contributed by atoms with Crippen LogP contribution in [0.5, 0.6) is 0 Å². The summed E-state index contributed by atoms with van der Waals surface area (Å²) >= 11 is 0. The molecular weight excluding hydrogens is 272 g/mol. The van der Waals surface area contributed by atoms with E-state index in [1.165, 1.54) is 4.90 Å². The maximum absolute atomic E-state index is 12.2. The van der Waals surface area contributed by atoms with Crippen LogP contribution in [-0.2, 0) is 19.4 Å². The average Bonchev–Trinajstić information content (AvgIpc) is 2.25. The molecule has 0 aromatic carbocycles. The summed E-state index contributed by atoms with van der Waals surface area (Å²) in [6.45, 7) is 3.59. The molecule has 0 aromatic heterocycles. The molecule has 0 radical (unpaired) electrons. The summed E-state index contributed by atoms with van der Waals surface area (Å²) in [5.41, 5.74) is 5.76. The highest BCUT2D eigenvalue weighted by atomic mass is 32.2. The Labute approximate surface area is 112 Å². The number of sulfone groups is 1. The van der Waals surface area contributed by atoms with Crippen molar-refractivity contribution in [2.75, 3.05) is 18.1 Å². The number of carboxylic acids is 1. The van der Waals surface area contributed by atoms with Gasteiger partial charge in [-0.1, -0.05) is 13.8 Å². The largest absolute Gasteiger partial charge is 0.481 e. The summed E-state index contributed by atoms with van der Waals surface area (Å²) in [5.74, 6) is -2.04. The third-order valence-corrected chi connectivity index (χ3v) is 4.92. The topological polar surface area (TPSA) is 118 Å². The molecule has 0 bridgehead atoms. The van der Waals surface area contributed by atoms with E-state index in [2.05, 4.69) is 0 Å². The van der Waals surface area contributed by atoms with E-state index in [1.807, 2.05) is 0 Å². The van der Waals surface area contributed by atoms with Gasteiger partial charge < -0.3 is 15.7 Å². The molecule has 1 saturated heterocycles. The molecule has 8 heteroatoms. The zero-order chi connectivity index (χ0) is 14.8. The Morgan fingerprint density at radius 1 is 1.42 bits per heavy atom. The fourth-order valence-electron chi connectivity index (χ4n) is 2.02. The quantitative estimate of drug-likeness (QED) is 0.691. The molecular formula is C11H20N2O5S. The number of carbonyl (C=O) groups is 2. The molecule has 0 aromatic rings. The molecule has 1 amide bonds. The molecule has 1 unspecified atom stereocenters. The minimum absolute atomic E-state index is 0.0134. The van der Waals surface area contributed by atoms with Crippen LogP contribution in [0.1, 0.15) is 20.3 Å². The first kappa shape index (κ1) is 15.9. The van der Waals surface area contributed by atoms with Crippen LogP contribution in [0.3, 0.4) is 0 Å². The minimum atomic E-state index is -3.29. The molecule has 2 atom stereocenters. The number of carbonyl (C=O) groups excluding carboxylic acids is 1. The number of carboxylic acid groups (broad SMARTS) is 1. The van der Waals surface area contributed by atoms with E-state index in [9.17, 15) is 18.0 Å². The maximum atomic E-state index is 12.2. The highest BCUT2D eigenvalue weighted by Gasteiger charge is 2.37. The zero-order valence-electron chi connectivity index (χ0n) is 11.1. The van der Waals surface area contributed by atoms with Gasteiger partial charge in [-0.2, -0.15) is 0 Å². The smallest absolute Gasteiger partial charge is 0.305 e. The van der Waals surface area contributed by atoms with E-state index < -0.39 is 27.9 Å². The first-order valence-electron chi connectivity index (χ1n) is 6.12. The molecule has 1 fully saturated rings. The first-order chi connectivity index (χ1) is 8.64. The lowest BCUT2D eigenvalue weighted by Crippen LogP contribution is -2.57. The van der Waals surface area contributed by atoms with Crippen molar-refractivity contribution in [3.63, 3.8) is 0 Å². The molecule has 110 valence electrons. The average molecular weight is 292 g/mol. The van der Waals surface area contributed by atoms with E-state index in [1.54, 1.807) is 13.8 Å². The second-order valence-electron chi connectivity index (χ2n) is 5.17. The van der Waals surface area contributed by atoms with Gasteiger partial charge in [0.05, 0.1) is 30.0 Å². The summed E-state index contributed by atoms with van der Waals surface area (Å²) in [5, 5.41) is 8.82. The molecule has 1 rings (SSSR count). The Balaban J connectivity index is 2.90. The van der Waals surface area contributed by atoms with Gasteiger partial charge in [-0.3, -0.25) is 9.59 Å². The van der Waals surface area contributed by atoms with Crippen LogP contribution in [0.2, 0.25) is 0 Å². The number of rotatable bonds is 4. The van der Waals surface area contributed by atoms with E-state index >= 15 is 0 Å². The Kier molecular flexibility index (Phi) is 4.92. The number of nitrogens with zero attached hydrogens (tertiary/aromatic N) is 1. The van der Waals surface area contributed by atoms with Gasteiger partial charge in [-0.25, -0.2) is 8.42 Å². The van der Waals surface area contributed by atoms with E-state index in [0.717, 1.165) is 0 Å². The summed E-state index contributed by atoms with van der Waals surface area (Å²) in [6, 6.07) is -1.56. The zero-order valence-corrected chi connectivity index (χ0v) is 11.9. The molecule has 0 aliphatic carbocycles. The number of nitrogens with two attached hydrogens (primary N) is 1. The van der Waals surface area contributed by atoms with Gasteiger partial charge in [0.25, 0.3) is 0 Å². The number of amides is 1. The number of hydrogen-bond donors (Lipinski definition) is 2. The third kappa shape index (κ3) is 4.17. The van der Waals surface area contributed by atoms with Gasteiger partial charge in [-0.15, -0.1) is 0 Å². The predicted octanol–water partition coefficient (Wildman–Crippen LogP) is -0.930. The fourth-order valence-corrected chi connectivity index (χ4v) is 3.55. The SMILES string of the molecule is CC(C)[C@H](N)C(=O)N1CCS(=O)(=O)CC1CC(=O)O. The van der Waals surface area contributed by atoms with Crippen molar-refractivity contribution in [2.45, 2.75) is 32.4 Å². The van der Waals surface area contributed by atoms with Gasteiger partial charge in [0, 0.05) is 6.54 Å². The van der Waals surface area contributed by atoms with Crippen molar-refractivity contribution >= 4 is 21.7 Å². The van der Waals surface area contributed by atoms with E-state index in [4.69, 9.17) is 10.8 Å². The van der Waals surface area contributed by atoms with Crippen LogP contribution in [0.25, 0.3) is 0 Å². The van der Waals surface area contributed by atoms with Gasteiger partial charge in [-0.05, 0) is 5.92 Å². The molecule has 1 aliphatic rings. The van der Waals surface area contributed by atoms with Crippen LogP contribution < -0.4 is 5.73 Å². The lowest BCUT2D eigenvalue weighted by Gasteiger charge is -2.36. The van der Waals surface area contributed by atoms with Crippen LogP contribution in [0.4, 0.5) is 0 Å². The Morgan fingerprint density at radius 3 is 2.47 bits per heavy atom. The van der Waals surface area contributed by atoms with Crippen molar-refractivity contribution in [3.8, 4) is 0 Å². The molecule has 7 nitrogen and oxygen atoms in total. The summed E-state index contributed by atoms with van der Waals surface area (Å²) in [6.07, 6.45) is -0.379. The third-order valence-electron chi connectivity index (χ3n) is 3.23. The Bertz CT molecular complexity index is 460. The lowest BCUT2D eigenvalue weighted by atomic mass is 10.0. The normalized spacial score (nSPS) is 24.2. The van der Waals surface area contributed by atoms with Gasteiger partial charge in [0.1, 0.15) is 0 Å². The van der Waals surface area contributed by atoms with Crippen LogP contribution in [-0.4, -0.2) is 60.4 Å². The molecule has 1 heterocycles. The maximum Gasteiger partial charge on any atom is 0.305 e. The van der Waals surface area contributed by atoms with Crippen LogP contribution in [0, 0.1) is 5.92 Å². The number of hydrogen-bond acceptors (Lipinski definition) is 5. The van der Waals surface area contributed by atoms with Crippen LogP contribution >= 0.6 is 0 Å². The predicted molar refractivity (Wildman–Crippen MR) is 69.2 cm³/mol. The van der Waals surface area contributed by atoms with Gasteiger partial charge in [0.2, 0.25) is 5.91 Å². The van der Waals surface area contributed by atoms with Crippen molar-refractivity contribution in [2.24, 2.45) is 11.7 Å². The summed E-state index contributed by atoms with van der Waals surface area (Å²) in [7, 11) is -3.29. The standard InChI is InChI=1S/C11H20N2O5S/c1-7(2)10(12)11(16)13-3-4-19(17,18)6-8(13)5-9(14)15/h7-8,10H,3-6,12H2,1-2H3,(H,14,15)/t8?,10-/m0/s1. The molecule has 19 heavy (non-hydrogen) atoms. The molecule has 1 aliphatic heterocycles. The van der Waals surface area contributed by atoms with E-state index in [0.29, 0.717) is 0 Å². The van der Waals surface area contributed by atoms with Gasteiger partial charge in [0.15, 0.2) is 9.84 Å². The second kappa shape index (κ2) is 5.87. The molecule has 0 saturated carbocycles. The fraction of sp³-hybridized carbons (Fsp3) is 0.818. The summed E-state index contributed by atoms with van der Waals surface area (Å²) < 4.78 is 23.1. The molecule has 3 N–H and O–H groups in total. The highest BCUT2D eigenvalue weighted by Crippen LogP contribution is 2.17. The first-order valence-corrected chi connectivity index (χ1v) is 7.94. The lowest BCUT2D eigenvalue weighted by molar-refractivity contribution is -0.141. The monoisotopic (exact) mass is 292 g/mol. The second-order valence-corrected chi connectivity index (χ2v) is 7.40. The van der Waals surface area contributed by atoms with E-state index in [-0.39, 0.29) is 36.3 Å². The molecule has 0 spiro atoms. The van der Waals surface area contributed by atoms with Crippen molar-refractivity contribution in [3.05, 3.63) is 0 Å². The summed E-state index contributed by atoms with van der Waals surface area (Å²) in [4.78, 5) is 24.2. The minimum Gasteiger partial charge on any atom is -0.481 e. The van der Waals surface area contributed by atoms with Crippen molar-refractivity contribution in [1.82, 2.24) is 4.90 Å². The Hall–Kier alpha value is -1.15. The number of aliphatic carboxylic acids is 1. The Morgan fingerprint density at radius 2 is 2.00 bits per heavy atom.